The molecule has 0 aliphatic carbocycles. The quantitative estimate of drug-likeness (QED) is 0.764. The smallest absolute Gasteiger partial charge is 0.269 e. The zero-order chi connectivity index (χ0) is 13.2. The maximum atomic E-state index is 10.9. The number of nitrogens with two attached hydrogens (primary N) is 1. The van der Waals surface area contributed by atoms with Gasteiger partial charge in [-0.3, -0.25) is 9.48 Å². The highest BCUT2D eigenvalue weighted by atomic mass is 16.1. The summed E-state index contributed by atoms with van der Waals surface area (Å²) in [6.45, 7) is 1.45. The molecule has 1 aromatic carbocycles. The summed E-state index contributed by atoms with van der Waals surface area (Å²) in [4.78, 5) is 10.9. The normalized spacial score (nSPS) is 10.9. The molecule has 2 heterocycles. The molecule has 0 fully saturated rings. The van der Waals surface area contributed by atoms with Gasteiger partial charge < -0.3 is 10.3 Å². The predicted molar refractivity (Wildman–Crippen MR) is 71.5 cm³/mol. The van der Waals surface area contributed by atoms with Crippen LogP contribution in [-0.2, 0) is 13.1 Å². The fraction of sp³-hybridized carbons (Fsp3) is 0.143. The van der Waals surface area contributed by atoms with E-state index in [2.05, 4.69) is 33.9 Å². The van der Waals surface area contributed by atoms with Gasteiger partial charge >= 0.3 is 0 Å². The van der Waals surface area contributed by atoms with Crippen molar-refractivity contribution >= 4 is 16.8 Å². The lowest BCUT2D eigenvalue weighted by atomic mass is 10.2. The number of carbonyl (C=O) groups is 1. The molecule has 2 N–H and O–H groups in total. The molecule has 0 bridgehead atoms. The van der Waals surface area contributed by atoms with Crippen molar-refractivity contribution < 1.29 is 4.79 Å². The van der Waals surface area contributed by atoms with E-state index < -0.39 is 5.91 Å². The molecule has 95 valence electrons. The first-order chi connectivity index (χ1) is 9.24. The van der Waals surface area contributed by atoms with Crippen LogP contribution < -0.4 is 5.73 Å². The molecule has 3 aromatic rings. The topological polar surface area (TPSA) is 65.8 Å². The van der Waals surface area contributed by atoms with Gasteiger partial charge in [-0.2, -0.15) is 5.10 Å². The van der Waals surface area contributed by atoms with E-state index in [4.69, 9.17) is 5.73 Å². The first kappa shape index (κ1) is 11.5. The number of aromatic nitrogens is 3. The minimum Gasteiger partial charge on any atom is -0.364 e. The Balaban J connectivity index is 1.76. The SMILES string of the molecule is NC(=O)c1[c]cn(CCn2ccc3ccccc32)n1. The molecule has 0 spiro atoms. The lowest BCUT2D eigenvalue weighted by molar-refractivity contribution is 0.0994. The van der Waals surface area contributed by atoms with Crippen LogP contribution in [0, 0.1) is 6.07 Å². The van der Waals surface area contributed by atoms with Crippen molar-refractivity contribution in [1.29, 1.82) is 0 Å². The van der Waals surface area contributed by atoms with Gasteiger partial charge in [-0.05, 0) is 17.5 Å². The summed E-state index contributed by atoms with van der Waals surface area (Å²) in [5.41, 5.74) is 6.51. The van der Waals surface area contributed by atoms with Crippen LogP contribution in [0.3, 0.4) is 0 Å². The third-order valence-electron chi connectivity index (χ3n) is 3.06. The van der Waals surface area contributed by atoms with Gasteiger partial charge in [0.2, 0.25) is 0 Å². The second kappa shape index (κ2) is 4.61. The van der Waals surface area contributed by atoms with Crippen molar-refractivity contribution in [1.82, 2.24) is 14.3 Å². The standard InChI is InChI=1S/C14H13N4O/c15-14(19)12-6-8-18(16-12)10-9-17-7-5-11-3-1-2-4-13(11)17/h1-5,7-8H,9-10H2,(H2,15,19). The number of para-hydroxylation sites is 1. The molecule has 19 heavy (non-hydrogen) atoms. The number of aryl methyl sites for hydroxylation is 2. The monoisotopic (exact) mass is 253 g/mol. The number of hydrogen-bond donors (Lipinski definition) is 1. The molecule has 2 aromatic heterocycles. The van der Waals surface area contributed by atoms with Crippen LogP contribution >= 0.6 is 0 Å². The fourth-order valence-electron chi connectivity index (χ4n) is 2.10. The average Bonchev–Trinajstić information content (AvgIpc) is 3.03. The van der Waals surface area contributed by atoms with E-state index in [1.165, 1.54) is 10.9 Å². The lowest BCUT2D eigenvalue weighted by Crippen LogP contribution is -2.13. The maximum Gasteiger partial charge on any atom is 0.269 e. The Kier molecular flexibility index (Phi) is 2.79. The van der Waals surface area contributed by atoms with Crippen LogP contribution in [0.1, 0.15) is 10.5 Å². The molecule has 0 saturated heterocycles. The van der Waals surface area contributed by atoms with E-state index in [9.17, 15) is 4.79 Å². The number of primary amides is 1. The van der Waals surface area contributed by atoms with E-state index in [1.807, 2.05) is 18.3 Å². The zero-order valence-corrected chi connectivity index (χ0v) is 10.3. The van der Waals surface area contributed by atoms with Crippen LogP contribution in [0.5, 0.6) is 0 Å². The van der Waals surface area contributed by atoms with Crippen molar-refractivity contribution in [2.24, 2.45) is 5.73 Å². The molecule has 0 atom stereocenters. The third kappa shape index (κ3) is 2.22. The third-order valence-corrected chi connectivity index (χ3v) is 3.06. The van der Waals surface area contributed by atoms with E-state index in [-0.39, 0.29) is 5.69 Å². The number of carbonyl (C=O) groups excluding carboxylic acids is 1. The highest BCUT2D eigenvalue weighted by Crippen LogP contribution is 2.14. The Morgan fingerprint density at radius 3 is 2.89 bits per heavy atom. The van der Waals surface area contributed by atoms with Crippen LogP contribution in [0.4, 0.5) is 0 Å². The Morgan fingerprint density at radius 1 is 1.26 bits per heavy atom. The summed E-state index contributed by atoms with van der Waals surface area (Å²) in [7, 11) is 0. The zero-order valence-electron chi connectivity index (χ0n) is 10.3. The van der Waals surface area contributed by atoms with Crippen LogP contribution in [0.2, 0.25) is 0 Å². The van der Waals surface area contributed by atoms with Crippen molar-refractivity contribution in [3.8, 4) is 0 Å². The average molecular weight is 253 g/mol. The number of benzene rings is 1. The summed E-state index contributed by atoms with van der Waals surface area (Å²) in [6.07, 6.45) is 3.69. The van der Waals surface area contributed by atoms with Gasteiger partial charge in [-0.25, -0.2) is 0 Å². The van der Waals surface area contributed by atoms with E-state index in [0.29, 0.717) is 6.54 Å². The van der Waals surface area contributed by atoms with Crippen LogP contribution in [0.15, 0.2) is 42.7 Å². The van der Waals surface area contributed by atoms with Crippen molar-refractivity contribution in [2.75, 3.05) is 0 Å². The Morgan fingerprint density at radius 2 is 2.11 bits per heavy atom. The van der Waals surface area contributed by atoms with E-state index >= 15 is 0 Å². The molecular weight excluding hydrogens is 240 g/mol. The summed E-state index contributed by atoms with van der Waals surface area (Å²) >= 11 is 0. The first-order valence-corrected chi connectivity index (χ1v) is 6.03. The second-order valence-corrected chi connectivity index (χ2v) is 4.32. The van der Waals surface area contributed by atoms with Crippen LogP contribution in [0.25, 0.3) is 10.9 Å². The number of amides is 1. The van der Waals surface area contributed by atoms with Crippen molar-refractivity contribution in [2.45, 2.75) is 13.1 Å². The molecule has 0 saturated carbocycles. The van der Waals surface area contributed by atoms with Crippen molar-refractivity contribution in [3.05, 3.63) is 54.5 Å². The largest absolute Gasteiger partial charge is 0.364 e. The Labute approximate surface area is 110 Å². The van der Waals surface area contributed by atoms with Gasteiger partial charge in [0.05, 0.1) is 6.54 Å². The maximum absolute atomic E-state index is 10.9. The molecule has 1 amide bonds. The molecular formula is C14H13N4O. The van der Waals surface area contributed by atoms with E-state index in [0.717, 1.165) is 6.54 Å². The minimum absolute atomic E-state index is 0.178. The summed E-state index contributed by atoms with van der Waals surface area (Å²) in [5, 5.41) is 5.28. The van der Waals surface area contributed by atoms with E-state index in [1.54, 1.807) is 10.9 Å². The summed E-state index contributed by atoms with van der Waals surface area (Å²) in [5.74, 6) is -0.551. The van der Waals surface area contributed by atoms with Crippen molar-refractivity contribution in [3.63, 3.8) is 0 Å². The van der Waals surface area contributed by atoms with Crippen LogP contribution in [-0.4, -0.2) is 20.3 Å². The first-order valence-electron chi connectivity index (χ1n) is 6.03. The molecule has 5 heteroatoms. The Hall–Kier alpha value is -2.56. The van der Waals surface area contributed by atoms with Gasteiger partial charge in [0.25, 0.3) is 5.91 Å². The fourth-order valence-corrected chi connectivity index (χ4v) is 2.10. The molecule has 0 aliphatic rings. The van der Waals surface area contributed by atoms with Gasteiger partial charge in [0.15, 0.2) is 5.69 Å². The predicted octanol–water partition coefficient (Wildman–Crippen LogP) is 1.44. The lowest BCUT2D eigenvalue weighted by Gasteiger charge is -2.05. The molecule has 1 radical (unpaired) electrons. The van der Waals surface area contributed by atoms with Gasteiger partial charge in [0, 0.05) is 30.5 Å². The van der Waals surface area contributed by atoms with Gasteiger partial charge in [-0.1, -0.05) is 18.2 Å². The highest BCUT2D eigenvalue weighted by molar-refractivity contribution is 5.90. The highest BCUT2D eigenvalue weighted by Gasteiger charge is 2.05. The van der Waals surface area contributed by atoms with Gasteiger partial charge in [0.1, 0.15) is 0 Å². The molecule has 5 nitrogen and oxygen atoms in total. The summed E-state index contributed by atoms with van der Waals surface area (Å²) < 4.78 is 3.83. The number of nitrogens with zero attached hydrogens (tertiary/aromatic N) is 3. The Bertz CT molecular complexity index is 726. The molecule has 3 rings (SSSR count). The number of fused-ring (bicyclic) bond motifs is 1. The number of rotatable bonds is 4. The second-order valence-electron chi connectivity index (χ2n) is 4.32. The minimum atomic E-state index is -0.551. The summed E-state index contributed by atoms with van der Waals surface area (Å²) in [6, 6.07) is 13.0. The number of hydrogen-bond acceptors (Lipinski definition) is 2. The molecule has 0 unspecified atom stereocenters. The molecule has 0 aliphatic heterocycles. The van der Waals surface area contributed by atoms with Gasteiger partial charge in [-0.15, -0.1) is 0 Å².